The molecule has 0 saturated carbocycles. The van der Waals surface area contributed by atoms with Crippen molar-refractivity contribution in [2.45, 2.75) is 39.5 Å². The van der Waals surface area contributed by atoms with E-state index in [0.717, 1.165) is 12.8 Å². The van der Waals surface area contributed by atoms with Crippen LogP contribution in [0.5, 0.6) is 0 Å². The van der Waals surface area contributed by atoms with Gasteiger partial charge in [0.15, 0.2) is 0 Å². The van der Waals surface area contributed by atoms with Crippen LogP contribution >= 0.6 is 0 Å². The van der Waals surface area contributed by atoms with Crippen LogP contribution in [0.25, 0.3) is 0 Å². The van der Waals surface area contributed by atoms with E-state index in [4.69, 9.17) is 5.26 Å². The molecule has 0 aliphatic carbocycles. The minimum Gasteiger partial charge on any atom is -0.300 e. The van der Waals surface area contributed by atoms with Crippen molar-refractivity contribution in [1.29, 1.82) is 5.26 Å². The van der Waals surface area contributed by atoms with Crippen molar-refractivity contribution in [3.8, 4) is 6.07 Å². The Labute approximate surface area is 68.2 Å². The summed E-state index contributed by atoms with van der Waals surface area (Å²) in [4.78, 5) is 10.8. The number of nitriles is 1. The minimum atomic E-state index is 0.0745. The van der Waals surface area contributed by atoms with Crippen LogP contribution in [0.15, 0.2) is 0 Å². The summed E-state index contributed by atoms with van der Waals surface area (Å²) in [5.74, 6) is 0.337. The fourth-order valence-corrected chi connectivity index (χ4v) is 0.872. The Morgan fingerprint density at radius 3 is 2.55 bits per heavy atom. The predicted molar refractivity (Wildman–Crippen MR) is 43.9 cm³/mol. The lowest BCUT2D eigenvalue weighted by molar-refractivity contribution is -0.118. The van der Waals surface area contributed by atoms with E-state index < -0.39 is 0 Å². The molecule has 0 aliphatic heterocycles. The zero-order chi connectivity index (χ0) is 8.69. The third-order valence-electron chi connectivity index (χ3n) is 1.84. The van der Waals surface area contributed by atoms with Gasteiger partial charge >= 0.3 is 0 Å². The molecule has 1 atom stereocenters. The molecule has 0 aromatic heterocycles. The average molecular weight is 153 g/mol. The second-order valence-corrected chi connectivity index (χ2v) is 2.67. The van der Waals surface area contributed by atoms with Crippen LogP contribution in [-0.2, 0) is 4.79 Å². The van der Waals surface area contributed by atoms with Crippen LogP contribution in [-0.4, -0.2) is 5.78 Å². The summed E-state index contributed by atoms with van der Waals surface area (Å²) in [6, 6.07) is 2.18. The van der Waals surface area contributed by atoms with Gasteiger partial charge in [0.1, 0.15) is 5.78 Å². The van der Waals surface area contributed by atoms with E-state index in [9.17, 15) is 4.79 Å². The van der Waals surface area contributed by atoms with E-state index in [0.29, 0.717) is 12.8 Å². The molecule has 62 valence electrons. The van der Waals surface area contributed by atoms with Crippen molar-refractivity contribution in [1.82, 2.24) is 0 Å². The van der Waals surface area contributed by atoms with Gasteiger partial charge in [-0.2, -0.15) is 5.26 Å². The van der Waals surface area contributed by atoms with Gasteiger partial charge in [-0.3, -0.25) is 4.79 Å². The summed E-state index contributed by atoms with van der Waals surface area (Å²) < 4.78 is 0. The number of Topliss-reactive ketones (excluding diaryl/α,β-unsaturated/α-hetero) is 1. The maximum atomic E-state index is 10.8. The molecular weight excluding hydrogens is 138 g/mol. The van der Waals surface area contributed by atoms with Crippen molar-refractivity contribution in [2.75, 3.05) is 0 Å². The Hall–Kier alpha value is -0.840. The van der Waals surface area contributed by atoms with Gasteiger partial charge < -0.3 is 0 Å². The highest BCUT2D eigenvalue weighted by Gasteiger charge is 2.06. The third kappa shape index (κ3) is 4.55. The lowest BCUT2D eigenvalue weighted by atomic mass is 10.00. The quantitative estimate of drug-likeness (QED) is 0.608. The molecule has 2 nitrogen and oxygen atoms in total. The number of carbonyl (C=O) groups is 1. The van der Waals surface area contributed by atoms with E-state index >= 15 is 0 Å². The number of nitrogens with zero attached hydrogens (tertiary/aromatic N) is 1. The number of hydrogen-bond acceptors (Lipinski definition) is 2. The normalized spacial score (nSPS) is 12.1. The molecule has 11 heavy (non-hydrogen) atoms. The van der Waals surface area contributed by atoms with Gasteiger partial charge in [-0.1, -0.05) is 13.8 Å². The molecule has 0 fully saturated rings. The Bertz CT molecular complexity index is 157. The average Bonchev–Trinajstić information content (AvgIpc) is 2.06. The smallest absolute Gasteiger partial charge is 0.132 e. The zero-order valence-electron chi connectivity index (χ0n) is 7.26. The van der Waals surface area contributed by atoms with Gasteiger partial charge in [0, 0.05) is 18.8 Å². The number of ketones is 1. The Morgan fingerprint density at radius 2 is 2.18 bits per heavy atom. The van der Waals surface area contributed by atoms with Crippen LogP contribution in [0.3, 0.4) is 0 Å². The van der Waals surface area contributed by atoms with E-state index in [1.165, 1.54) is 0 Å². The van der Waals surface area contributed by atoms with Gasteiger partial charge in [0.05, 0.1) is 6.07 Å². The molecular formula is C9H15NO. The molecule has 0 aliphatic rings. The van der Waals surface area contributed by atoms with Crippen LogP contribution in [0, 0.1) is 17.2 Å². The molecule has 0 amide bonds. The van der Waals surface area contributed by atoms with E-state index in [1.54, 1.807) is 0 Å². The standard InChI is InChI=1S/C9H15NO/c1-3-8(7-10)5-6-9(11)4-2/h8H,3-6H2,1-2H3. The Balaban J connectivity index is 3.52. The minimum absolute atomic E-state index is 0.0745. The Morgan fingerprint density at radius 1 is 1.55 bits per heavy atom. The van der Waals surface area contributed by atoms with Crippen LogP contribution in [0.4, 0.5) is 0 Å². The largest absolute Gasteiger partial charge is 0.300 e. The van der Waals surface area contributed by atoms with Gasteiger partial charge in [-0.25, -0.2) is 0 Å². The maximum Gasteiger partial charge on any atom is 0.132 e. The van der Waals surface area contributed by atoms with E-state index in [-0.39, 0.29) is 11.7 Å². The molecule has 0 heterocycles. The SMILES string of the molecule is CCC(=O)CCC(C#N)CC. The second kappa shape index (κ2) is 5.91. The molecule has 2 heteroatoms. The van der Waals surface area contributed by atoms with Crippen molar-refractivity contribution >= 4 is 5.78 Å². The molecule has 0 spiro atoms. The van der Waals surface area contributed by atoms with Crippen molar-refractivity contribution in [3.63, 3.8) is 0 Å². The first kappa shape index (κ1) is 10.2. The molecule has 0 radical (unpaired) electrons. The predicted octanol–water partition coefficient (Wildman–Crippen LogP) is 2.30. The van der Waals surface area contributed by atoms with Crippen molar-refractivity contribution in [3.05, 3.63) is 0 Å². The van der Waals surface area contributed by atoms with E-state index in [1.807, 2.05) is 13.8 Å². The van der Waals surface area contributed by atoms with Crippen LogP contribution < -0.4 is 0 Å². The molecule has 0 N–H and O–H groups in total. The summed E-state index contributed by atoms with van der Waals surface area (Å²) in [7, 11) is 0. The van der Waals surface area contributed by atoms with Crippen molar-refractivity contribution in [2.24, 2.45) is 5.92 Å². The highest BCUT2D eigenvalue weighted by molar-refractivity contribution is 5.77. The van der Waals surface area contributed by atoms with Gasteiger partial charge in [-0.05, 0) is 12.8 Å². The highest BCUT2D eigenvalue weighted by Crippen LogP contribution is 2.09. The number of carbonyl (C=O) groups excluding carboxylic acids is 1. The lowest BCUT2D eigenvalue weighted by Crippen LogP contribution is -2.01. The van der Waals surface area contributed by atoms with E-state index in [2.05, 4.69) is 6.07 Å². The summed E-state index contributed by atoms with van der Waals surface area (Å²) >= 11 is 0. The zero-order valence-corrected chi connectivity index (χ0v) is 7.26. The first-order chi connectivity index (χ1) is 5.24. The molecule has 0 bridgehead atoms. The number of hydrogen-bond donors (Lipinski definition) is 0. The summed E-state index contributed by atoms with van der Waals surface area (Å²) in [6.45, 7) is 3.83. The first-order valence-corrected chi connectivity index (χ1v) is 4.15. The topological polar surface area (TPSA) is 40.9 Å². The summed E-state index contributed by atoms with van der Waals surface area (Å²) in [5, 5.41) is 8.55. The van der Waals surface area contributed by atoms with Crippen LogP contribution in [0.1, 0.15) is 39.5 Å². The fraction of sp³-hybridized carbons (Fsp3) is 0.778. The molecule has 0 aromatic carbocycles. The summed E-state index contributed by atoms with van der Waals surface area (Å²) in [5.41, 5.74) is 0. The first-order valence-electron chi connectivity index (χ1n) is 4.15. The maximum absolute atomic E-state index is 10.8. The third-order valence-corrected chi connectivity index (χ3v) is 1.84. The molecule has 0 saturated heterocycles. The van der Waals surface area contributed by atoms with Gasteiger partial charge in [0.25, 0.3) is 0 Å². The second-order valence-electron chi connectivity index (χ2n) is 2.67. The fourth-order valence-electron chi connectivity index (χ4n) is 0.872. The molecule has 0 rings (SSSR count). The van der Waals surface area contributed by atoms with Gasteiger partial charge in [0.2, 0.25) is 0 Å². The Kier molecular flexibility index (Phi) is 5.46. The molecule has 1 unspecified atom stereocenters. The van der Waals surface area contributed by atoms with Crippen molar-refractivity contribution < 1.29 is 4.79 Å². The number of rotatable bonds is 5. The van der Waals surface area contributed by atoms with Crippen LogP contribution in [0.2, 0.25) is 0 Å². The monoisotopic (exact) mass is 153 g/mol. The molecule has 0 aromatic rings. The summed E-state index contributed by atoms with van der Waals surface area (Å²) in [6.07, 6.45) is 2.76. The van der Waals surface area contributed by atoms with Gasteiger partial charge in [-0.15, -0.1) is 0 Å². The highest BCUT2D eigenvalue weighted by atomic mass is 16.1. The lowest BCUT2D eigenvalue weighted by Gasteiger charge is -2.02.